The van der Waals surface area contributed by atoms with E-state index >= 15 is 0 Å². The van der Waals surface area contributed by atoms with Crippen LogP contribution in [0.5, 0.6) is 0 Å². The first-order valence-corrected chi connectivity index (χ1v) is 23.5. The predicted octanol–water partition coefficient (Wildman–Crippen LogP) is -1.39. The van der Waals surface area contributed by atoms with Crippen LogP contribution in [0.25, 0.3) is 0 Å². The third-order valence-corrected chi connectivity index (χ3v) is 14.1. The summed E-state index contributed by atoms with van der Waals surface area (Å²) in [6, 6.07) is 0. The molecule has 60 heavy (non-hydrogen) atoms. The molecule has 0 aromatic heterocycles. The fraction of sp³-hybridized carbons (Fsp3) is 0.455. The molecular weight excluding hydrogens is 1480 g/mol. The highest BCUT2D eigenvalue weighted by Gasteiger charge is 2.35. The van der Waals surface area contributed by atoms with E-state index in [1.54, 1.807) is 136 Å². The summed E-state index contributed by atoms with van der Waals surface area (Å²) in [4.78, 5) is 82.5. The van der Waals surface area contributed by atoms with Crippen LogP contribution in [0.1, 0.15) is 47.9 Å². The SMILES string of the molecule is COCC(=O)Nc1c(I)c(C(=O)CC(=O)N(NCC(O)CO)c2c(I)c(C(=O)NCC(O)CO)c(I)c(C(=O)NCC(O)CO)c2I)c(I)c(C(=O)NCC(O)CO)c1I. The van der Waals surface area contributed by atoms with Crippen molar-refractivity contribution in [2.24, 2.45) is 0 Å². The Bertz CT molecular complexity index is 1880. The number of ketones is 1. The van der Waals surface area contributed by atoms with Crippen molar-refractivity contribution in [2.75, 3.05) is 76.6 Å². The van der Waals surface area contributed by atoms with Crippen LogP contribution in [0.2, 0.25) is 0 Å². The topological polar surface area (TPSA) is 337 Å². The Morgan fingerprint density at radius 1 is 0.567 bits per heavy atom. The summed E-state index contributed by atoms with van der Waals surface area (Å²) in [5.74, 6) is -5.11. The lowest BCUT2D eigenvalue weighted by Crippen LogP contribution is -2.49. The Hall–Kier alpha value is -0.560. The molecule has 0 radical (unpaired) electrons. The lowest BCUT2D eigenvalue weighted by Gasteiger charge is -2.29. The summed E-state index contributed by atoms with van der Waals surface area (Å²) in [5.41, 5.74) is 1.82. The largest absolute Gasteiger partial charge is 0.394 e. The van der Waals surface area contributed by atoms with Crippen molar-refractivity contribution in [3.63, 3.8) is 0 Å². The second-order valence-corrected chi connectivity index (χ2v) is 18.7. The number of nitrogens with zero attached hydrogens (tertiary/aromatic N) is 1. The third-order valence-electron chi connectivity index (χ3n) is 7.72. The number of carbonyl (C=O) groups is 6. The number of carbonyl (C=O) groups excluding carboxylic acids is 6. The number of hydrogen-bond acceptors (Lipinski definition) is 16. The molecule has 27 heteroatoms. The molecule has 4 unspecified atom stereocenters. The minimum Gasteiger partial charge on any atom is -0.394 e. The maximum absolute atomic E-state index is 14.5. The third kappa shape index (κ3) is 15.0. The molecule has 0 aliphatic carbocycles. The standard InChI is InChI=1S/C33H40I6N6O15/c1-60-11-17(55)44-29-25(36)19(23(34)20(26(29)37)31(57)40-3-12(50)7-46)16(54)2-18(56)45(43-6-15(53)10-49)30-27(38)21(32(58)41-4-13(51)8-47)24(35)22(28(30)39)33(59)42-5-14(52)9-48/h12-15,43,46-53H,2-11H2,1H3,(H,40,57)(H,41,58)(H,42,59)(H,44,55). The molecule has 2 rings (SSSR count). The molecule has 2 aromatic carbocycles. The van der Waals surface area contributed by atoms with Gasteiger partial charge in [-0.1, -0.05) is 0 Å². The van der Waals surface area contributed by atoms with Gasteiger partial charge in [0.1, 0.15) is 6.61 Å². The van der Waals surface area contributed by atoms with Crippen molar-refractivity contribution >= 4 is 182 Å². The lowest BCUT2D eigenvalue weighted by atomic mass is 10.0. The number of rotatable bonds is 23. The molecule has 0 saturated heterocycles. The molecule has 21 nitrogen and oxygen atoms in total. The number of benzene rings is 2. The molecule has 0 saturated carbocycles. The number of aliphatic hydroxyl groups is 8. The highest BCUT2D eigenvalue weighted by Crippen LogP contribution is 2.39. The van der Waals surface area contributed by atoms with Crippen LogP contribution in [-0.4, -0.2) is 167 Å². The molecule has 13 N–H and O–H groups in total. The van der Waals surface area contributed by atoms with Crippen molar-refractivity contribution in [1.82, 2.24) is 21.4 Å². The first kappa shape index (κ1) is 55.6. The average Bonchev–Trinajstić information content (AvgIpc) is 3.20. The number of halogens is 6. The van der Waals surface area contributed by atoms with Gasteiger partial charge in [0.15, 0.2) is 5.78 Å². The number of Topliss-reactive ketones (excluding diaryl/α,β-unsaturated/α-hetero) is 1. The lowest BCUT2D eigenvalue weighted by molar-refractivity contribution is -0.120. The Morgan fingerprint density at radius 3 is 1.33 bits per heavy atom. The number of hydrogen-bond donors (Lipinski definition) is 13. The molecule has 5 amide bonds. The van der Waals surface area contributed by atoms with Gasteiger partial charge in [-0.05, 0) is 136 Å². The first-order chi connectivity index (χ1) is 28.2. The summed E-state index contributed by atoms with van der Waals surface area (Å²) < 4.78 is 5.33. The zero-order valence-electron chi connectivity index (χ0n) is 31.0. The summed E-state index contributed by atoms with van der Waals surface area (Å²) in [6.07, 6.45) is -6.50. The van der Waals surface area contributed by atoms with E-state index in [4.69, 9.17) is 4.74 Å². The Labute approximate surface area is 424 Å². The number of aliphatic hydroxyl groups excluding tert-OH is 8. The maximum atomic E-state index is 14.5. The molecule has 0 spiro atoms. The second kappa shape index (κ2) is 27.0. The highest BCUT2D eigenvalue weighted by atomic mass is 127. The van der Waals surface area contributed by atoms with Gasteiger partial charge in [-0.2, -0.15) is 0 Å². The van der Waals surface area contributed by atoms with Crippen LogP contribution in [0.3, 0.4) is 0 Å². The molecule has 0 bridgehead atoms. The second-order valence-electron chi connectivity index (χ2n) is 12.3. The van der Waals surface area contributed by atoms with Gasteiger partial charge in [0.2, 0.25) is 11.8 Å². The van der Waals surface area contributed by atoms with Crippen molar-refractivity contribution in [3.8, 4) is 0 Å². The van der Waals surface area contributed by atoms with Crippen LogP contribution < -0.4 is 31.7 Å². The summed E-state index contributed by atoms with van der Waals surface area (Å²) in [6.45, 7) is -4.96. The maximum Gasteiger partial charge on any atom is 0.253 e. The van der Waals surface area contributed by atoms with Crippen LogP contribution in [-0.2, 0) is 14.3 Å². The molecule has 0 heterocycles. The van der Waals surface area contributed by atoms with E-state index in [9.17, 15) is 69.6 Å². The van der Waals surface area contributed by atoms with Gasteiger partial charge < -0.3 is 66.9 Å². The summed E-state index contributed by atoms with van der Waals surface area (Å²) >= 11 is 10.5. The van der Waals surface area contributed by atoms with E-state index < -0.39 is 119 Å². The monoisotopic (exact) mass is 1520 g/mol. The van der Waals surface area contributed by atoms with Gasteiger partial charge in [-0.15, -0.1) is 0 Å². The molecule has 0 fully saturated rings. The smallest absolute Gasteiger partial charge is 0.253 e. The summed E-state index contributed by atoms with van der Waals surface area (Å²) in [5, 5.41) is 88.2. The van der Waals surface area contributed by atoms with Crippen LogP contribution in [0.15, 0.2) is 0 Å². The van der Waals surface area contributed by atoms with Gasteiger partial charge in [0.25, 0.3) is 17.7 Å². The van der Waals surface area contributed by atoms with E-state index in [0.29, 0.717) is 0 Å². The molecule has 334 valence electrons. The van der Waals surface area contributed by atoms with Gasteiger partial charge in [-0.3, -0.25) is 28.8 Å². The van der Waals surface area contributed by atoms with Crippen LogP contribution >= 0.6 is 136 Å². The van der Waals surface area contributed by atoms with Gasteiger partial charge in [0, 0.05) is 49.6 Å². The molecular formula is C33H40I6N6O15. The number of ether oxygens (including phenoxy) is 1. The zero-order valence-corrected chi connectivity index (χ0v) is 44.0. The Morgan fingerprint density at radius 2 is 0.933 bits per heavy atom. The zero-order chi connectivity index (χ0) is 45.6. The normalized spacial score (nSPS) is 13.2. The highest BCUT2D eigenvalue weighted by molar-refractivity contribution is 14.1. The van der Waals surface area contributed by atoms with Gasteiger partial charge >= 0.3 is 0 Å². The van der Waals surface area contributed by atoms with Gasteiger partial charge in [0.05, 0.1) is 96.0 Å². The Balaban J connectivity index is 2.92. The molecule has 4 atom stereocenters. The van der Waals surface area contributed by atoms with Crippen LogP contribution in [0.4, 0.5) is 11.4 Å². The summed E-state index contributed by atoms with van der Waals surface area (Å²) in [7, 11) is 1.28. The molecule has 0 aliphatic rings. The van der Waals surface area contributed by atoms with Crippen molar-refractivity contribution in [1.29, 1.82) is 0 Å². The Kier molecular flexibility index (Phi) is 25.0. The number of amides is 5. The number of nitrogens with one attached hydrogen (secondary N) is 5. The molecule has 0 aliphatic heterocycles. The minimum atomic E-state index is -1.47. The van der Waals surface area contributed by atoms with E-state index in [0.717, 1.165) is 5.01 Å². The van der Waals surface area contributed by atoms with Gasteiger partial charge in [-0.25, -0.2) is 10.4 Å². The quantitative estimate of drug-likeness (QED) is 0.0264. The molecule has 2 aromatic rings. The predicted molar refractivity (Wildman–Crippen MR) is 263 cm³/mol. The average molecular weight is 1520 g/mol. The van der Waals surface area contributed by atoms with E-state index in [1.807, 2.05) is 0 Å². The van der Waals surface area contributed by atoms with E-state index in [2.05, 4.69) is 26.7 Å². The number of anilines is 2. The minimum absolute atomic E-state index is 0.0155. The number of methoxy groups -OCH3 is 1. The van der Waals surface area contributed by atoms with Crippen molar-refractivity contribution in [3.05, 3.63) is 43.7 Å². The van der Waals surface area contributed by atoms with Crippen molar-refractivity contribution < 1.29 is 74.4 Å². The van der Waals surface area contributed by atoms with E-state index in [-0.39, 0.29) is 61.6 Å². The van der Waals surface area contributed by atoms with Crippen LogP contribution in [0, 0.1) is 21.4 Å². The first-order valence-electron chi connectivity index (χ1n) is 17.0. The fourth-order valence-corrected chi connectivity index (χ4v) is 13.9. The fourth-order valence-electron chi connectivity index (χ4n) is 4.72. The number of hydrazine groups is 1. The van der Waals surface area contributed by atoms with E-state index in [1.165, 1.54) is 7.11 Å². The van der Waals surface area contributed by atoms with Crippen molar-refractivity contribution in [2.45, 2.75) is 30.8 Å².